The number of rotatable bonds is 2. The number of aryl methyl sites for hydroxylation is 2. The molecule has 1 atom stereocenters. The Hall–Kier alpha value is -3.15. The molecule has 1 aliphatic rings. The van der Waals surface area contributed by atoms with E-state index in [9.17, 15) is 4.79 Å². The van der Waals surface area contributed by atoms with Crippen molar-refractivity contribution in [3.63, 3.8) is 0 Å². The van der Waals surface area contributed by atoms with Gasteiger partial charge in [-0.05, 0) is 30.7 Å². The van der Waals surface area contributed by atoms with Crippen LogP contribution >= 0.6 is 0 Å². The van der Waals surface area contributed by atoms with Gasteiger partial charge in [-0.3, -0.25) is 14.5 Å². The summed E-state index contributed by atoms with van der Waals surface area (Å²) in [6.07, 6.45) is 5.17. The number of amides is 1. The molecule has 1 aromatic carbocycles. The van der Waals surface area contributed by atoms with Crippen molar-refractivity contribution >= 4 is 11.6 Å². The van der Waals surface area contributed by atoms with E-state index < -0.39 is 0 Å². The molecule has 0 saturated carbocycles. The smallest absolute Gasteiger partial charge is 0.257 e. The zero-order chi connectivity index (χ0) is 17.6. The van der Waals surface area contributed by atoms with Gasteiger partial charge in [-0.15, -0.1) is 0 Å². The molecule has 0 fully saturated rings. The lowest BCUT2D eigenvalue weighted by Crippen LogP contribution is -2.40. The Bertz CT molecular complexity index is 948. The number of anilines is 1. The SMILES string of the molecule is Cc1cccc2c1C(=O)N(C)C(c1cn(C)nc1-c1ccncc1)N2. The van der Waals surface area contributed by atoms with E-state index in [1.165, 1.54) is 0 Å². The van der Waals surface area contributed by atoms with Crippen molar-refractivity contribution in [1.29, 1.82) is 0 Å². The number of carbonyl (C=O) groups is 1. The van der Waals surface area contributed by atoms with Gasteiger partial charge < -0.3 is 10.2 Å². The number of hydrogen-bond donors (Lipinski definition) is 1. The summed E-state index contributed by atoms with van der Waals surface area (Å²) >= 11 is 0. The van der Waals surface area contributed by atoms with E-state index in [4.69, 9.17) is 0 Å². The Morgan fingerprint density at radius 2 is 1.88 bits per heavy atom. The minimum atomic E-state index is -0.279. The molecule has 25 heavy (non-hydrogen) atoms. The van der Waals surface area contributed by atoms with Crippen LogP contribution in [0, 0.1) is 6.92 Å². The molecule has 4 rings (SSSR count). The van der Waals surface area contributed by atoms with Crippen molar-refractivity contribution in [1.82, 2.24) is 19.7 Å². The third kappa shape index (κ3) is 2.46. The fourth-order valence-corrected chi connectivity index (χ4v) is 3.34. The first-order valence-corrected chi connectivity index (χ1v) is 8.13. The van der Waals surface area contributed by atoms with Crippen LogP contribution in [-0.4, -0.2) is 32.6 Å². The van der Waals surface area contributed by atoms with Crippen molar-refractivity contribution < 1.29 is 4.79 Å². The van der Waals surface area contributed by atoms with Gasteiger partial charge in [0.1, 0.15) is 6.17 Å². The highest BCUT2D eigenvalue weighted by molar-refractivity contribution is 6.03. The van der Waals surface area contributed by atoms with Gasteiger partial charge in [0, 0.05) is 49.5 Å². The summed E-state index contributed by atoms with van der Waals surface area (Å²) in [5.74, 6) is 0.0152. The number of aromatic nitrogens is 3. The fourth-order valence-electron chi connectivity index (χ4n) is 3.34. The van der Waals surface area contributed by atoms with E-state index in [2.05, 4.69) is 15.4 Å². The summed E-state index contributed by atoms with van der Waals surface area (Å²) in [6.45, 7) is 1.96. The topological polar surface area (TPSA) is 63.1 Å². The second-order valence-corrected chi connectivity index (χ2v) is 6.30. The van der Waals surface area contributed by atoms with E-state index >= 15 is 0 Å². The third-order valence-corrected chi connectivity index (χ3v) is 4.59. The molecule has 3 heterocycles. The van der Waals surface area contributed by atoms with E-state index in [1.54, 1.807) is 22.0 Å². The molecule has 1 amide bonds. The maximum atomic E-state index is 12.9. The highest BCUT2D eigenvalue weighted by Gasteiger charge is 2.33. The molecule has 0 spiro atoms. The third-order valence-electron chi connectivity index (χ3n) is 4.59. The van der Waals surface area contributed by atoms with Crippen LogP contribution in [0.15, 0.2) is 48.9 Å². The van der Waals surface area contributed by atoms with Gasteiger partial charge in [0.25, 0.3) is 5.91 Å². The number of nitrogens with one attached hydrogen (secondary N) is 1. The first kappa shape index (κ1) is 15.4. The maximum Gasteiger partial charge on any atom is 0.257 e. The van der Waals surface area contributed by atoms with Crippen LogP contribution in [0.5, 0.6) is 0 Å². The zero-order valence-corrected chi connectivity index (χ0v) is 14.4. The number of pyridine rings is 1. The Morgan fingerprint density at radius 1 is 1.12 bits per heavy atom. The lowest BCUT2D eigenvalue weighted by Gasteiger charge is -2.36. The van der Waals surface area contributed by atoms with Crippen LogP contribution in [0.1, 0.15) is 27.7 Å². The summed E-state index contributed by atoms with van der Waals surface area (Å²) in [4.78, 5) is 18.7. The number of nitrogens with zero attached hydrogens (tertiary/aromatic N) is 4. The Kier molecular flexibility index (Phi) is 3.53. The molecular formula is C19H19N5O. The van der Waals surface area contributed by atoms with Gasteiger partial charge in [0.2, 0.25) is 0 Å². The standard InChI is InChI=1S/C19H19N5O/c1-12-5-4-6-15-16(12)19(25)24(3)18(21-15)14-11-23(2)22-17(14)13-7-9-20-10-8-13/h4-11,18,21H,1-3H3. The summed E-state index contributed by atoms with van der Waals surface area (Å²) in [7, 11) is 3.70. The zero-order valence-electron chi connectivity index (χ0n) is 14.4. The highest BCUT2D eigenvalue weighted by Crippen LogP contribution is 2.36. The molecule has 0 bridgehead atoms. The van der Waals surface area contributed by atoms with Crippen molar-refractivity contribution in [2.75, 3.05) is 12.4 Å². The summed E-state index contributed by atoms with van der Waals surface area (Å²) in [5.41, 5.74) is 5.34. The molecule has 126 valence electrons. The van der Waals surface area contributed by atoms with E-state index in [0.717, 1.165) is 33.6 Å². The monoisotopic (exact) mass is 333 g/mol. The Balaban J connectivity index is 1.83. The second-order valence-electron chi connectivity index (χ2n) is 6.30. The van der Waals surface area contributed by atoms with Crippen LogP contribution < -0.4 is 5.32 Å². The van der Waals surface area contributed by atoms with E-state index in [-0.39, 0.29) is 12.1 Å². The van der Waals surface area contributed by atoms with Crippen LogP contribution in [0.4, 0.5) is 5.69 Å². The van der Waals surface area contributed by atoms with Crippen LogP contribution in [-0.2, 0) is 7.05 Å². The molecule has 1 aliphatic heterocycles. The predicted molar refractivity (Wildman–Crippen MR) is 96.1 cm³/mol. The summed E-state index contributed by atoms with van der Waals surface area (Å²) < 4.78 is 1.77. The van der Waals surface area contributed by atoms with Gasteiger partial charge in [-0.2, -0.15) is 5.10 Å². The van der Waals surface area contributed by atoms with Gasteiger partial charge in [-0.25, -0.2) is 0 Å². The van der Waals surface area contributed by atoms with Crippen molar-refractivity contribution in [2.24, 2.45) is 7.05 Å². The van der Waals surface area contributed by atoms with Crippen molar-refractivity contribution in [3.05, 3.63) is 65.6 Å². The lowest BCUT2D eigenvalue weighted by molar-refractivity contribution is 0.0735. The molecule has 2 aromatic heterocycles. The van der Waals surface area contributed by atoms with Crippen LogP contribution in [0.25, 0.3) is 11.3 Å². The molecule has 6 heteroatoms. The highest BCUT2D eigenvalue weighted by atomic mass is 16.2. The van der Waals surface area contributed by atoms with Crippen molar-refractivity contribution in [2.45, 2.75) is 13.1 Å². The molecule has 6 nitrogen and oxygen atoms in total. The molecule has 1 N–H and O–H groups in total. The Morgan fingerprint density at radius 3 is 2.64 bits per heavy atom. The van der Waals surface area contributed by atoms with Crippen LogP contribution in [0.3, 0.4) is 0 Å². The molecule has 0 aliphatic carbocycles. The first-order chi connectivity index (χ1) is 12.1. The first-order valence-electron chi connectivity index (χ1n) is 8.13. The van der Waals surface area contributed by atoms with E-state index in [0.29, 0.717) is 0 Å². The number of hydrogen-bond acceptors (Lipinski definition) is 4. The number of fused-ring (bicyclic) bond motifs is 1. The molecule has 0 saturated heterocycles. The molecule has 3 aromatic rings. The maximum absolute atomic E-state index is 12.9. The van der Waals surface area contributed by atoms with Gasteiger partial charge in [0.05, 0.1) is 11.3 Å². The quantitative estimate of drug-likeness (QED) is 0.783. The van der Waals surface area contributed by atoms with Gasteiger partial charge in [0.15, 0.2) is 0 Å². The number of carbonyl (C=O) groups excluding carboxylic acids is 1. The summed E-state index contributed by atoms with van der Waals surface area (Å²) in [6, 6.07) is 9.72. The summed E-state index contributed by atoms with van der Waals surface area (Å²) in [5, 5.41) is 8.09. The largest absolute Gasteiger partial charge is 0.361 e. The molecule has 1 unspecified atom stereocenters. The molecular weight excluding hydrogens is 314 g/mol. The van der Waals surface area contributed by atoms with Gasteiger partial charge in [-0.1, -0.05) is 12.1 Å². The predicted octanol–water partition coefficient (Wildman–Crippen LogP) is 2.99. The average Bonchev–Trinajstić information content (AvgIpc) is 3.00. The molecule has 0 radical (unpaired) electrons. The average molecular weight is 333 g/mol. The minimum absolute atomic E-state index is 0.0152. The normalized spacial score (nSPS) is 16.5. The Labute approximate surface area is 146 Å². The fraction of sp³-hybridized carbons (Fsp3) is 0.211. The van der Waals surface area contributed by atoms with Crippen molar-refractivity contribution in [3.8, 4) is 11.3 Å². The van der Waals surface area contributed by atoms with E-state index in [1.807, 2.05) is 57.5 Å². The number of benzene rings is 1. The minimum Gasteiger partial charge on any atom is -0.361 e. The van der Waals surface area contributed by atoms with Crippen LogP contribution in [0.2, 0.25) is 0 Å². The second kappa shape index (κ2) is 5.73. The van der Waals surface area contributed by atoms with Gasteiger partial charge >= 0.3 is 0 Å². The lowest BCUT2D eigenvalue weighted by atomic mass is 9.99.